The van der Waals surface area contributed by atoms with Crippen molar-refractivity contribution in [1.82, 2.24) is 0 Å². The van der Waals surface area contributed by atoms with Crippen LogP contribution in [-0.4, -0.2) is 25.0 Å². The maximum absolute atomic E-state index is 12.3. The van der Waals surface area contributed by atoms with Gasteiger partial charge in [0.25, 0.3) is 5.91 Å². The van der Waals surface area contributed by atoms with Crippen molar-refractivity contribution in [2.75, 3.05) is 18.1 Å². The molecule has 1 amide bonds. The average Bonchev–Trinajstić information content (AvgIpc) is 2.96. The molecule has 0 radical (unpaired) electrons. The van der Waals surface area contributed by atoms with Crippen LogP contribution in [0.3, 0.4) is 0 Å². The van der Waals surface area contributed by atoms with Crippen molar-refractivity contribution in [3.8, 4) is 0 Å². The summed E-state index contributed by atoms with van der Waals surface area (Å²) in [7, 11) is 0. The van der Waals surface area contributed by atoms with Gasteiger partial charge in [0.2, 0.25) is 0 Å². The second-order valence-electron chi connectivity index (χ2n) is 5.10. The first-order chi connectivity index (χ1) is 11.1. The standard InChI is InChI=1S/C17H13Cl2NO3/c18-12-5-3-6-13(19)16(12)17(22)23-10-15(21)20-9-8-11-4-1-2-7-14(11)20/h1-7H,8-10H2. The van der Waals surface area contributed by atoms with E-state index in [9.17, 15) is 9.59 Å². The van der Waals surface area contributed by atoms with E-state index < -0.39 is 5.97 Å². The fourth-order valence-corrected chi connectivity index (χ4v) is 3.12. The summed E-state index contributed by atoms with van der Waals surface area (Å²) in [6.07, 6.45) is 0.798. The monoisotopic (exact) mass is 349 g/mol. The molecule has 0 unspecified atom stereocenters. The first kappa shape index (κ1) is 15.8. The minimum Gasteiger partial charge on any atom is -0.452 e. The fourth-order valence-electron chi connectivity index (χ4n) is 2.57. The molecular formula is C17H13Cl2NO3. The van der Waals surface area contributed by atoms with Crippen LogP contribution in [0, 0.1) is 0 Å². The number of amides is 1. The number of ether oxygens (including phenoxy) is 1. The van der Waals surface area contributed by atoms with Gasteiger partial charge in [0.15, 0.2) is 6.61 Å². The zero-order valence-electron chi connectivity index (χ0n) is 12.1. The van der Waals surface area contributed by atoms with E-state index in [1.807, 2.05) is 24.3 Å². The molecule has 23 heavy (non-hydrogen) atoms. The molecule has 3 rings (SSSR count). The van der Waals surface area contributed by atoms with Crippen LogP contribution in [0.15, 0.2) is 42.5 Å². The Morgan fingerprint density at radius 3 is 2.48 bits per heavy atom. The number of benzene rings is 2. The maximum atomic E-state index is 12.3. The number of hydrogen-bond donors (Lipinski definition) is 0. The van der Waals surface area contributed by atoms with Crippen molar-refractivity contribution in [2.45, 2.75) is 6.42 Å². The Morgan fingerprint density at radius 2 is 1.74 bits per heavy atom. The number of anilines is 1. The highest BCUT2D eigenvalue weighted by molar-refractivity contribution is 6.39. The van der Waals surface area contributed by atoms with Crippen LogP contribution in [0.2, 0.25) is 10.0 Å². The third kappa shape index (κ3) is 3.19. The van der Waals surface area contributed by atoms with E-state index in [-0.39, 0.29) is 28.1 Å². The van der Waals surface area contributed by atoms with E-state index in [1.54, 1.807) is 23.1 Å². The van der Waals surface area contributed by atoms with Gasteiger partial charge in [0.1, 0.15) is 0 Å². The second-order valence-corrected chi connectivity index (χ2v) is 5.91. The van der Waals surface area contributed by atoms with Crippen LogP contribution in [0.25, 0.3) is 0 Å². The number of carbonyl (C=O) groups excluding carboxylic acids is 2. The van der Waals surface area contributed by atoms with Gasteiger partial charge in [-0.05, 0) is 30.2 Å². The molecule has 0 aromatic heterocycles. The number of para-hydroxylation sites is 1. The lowest BCUT2D eigenvalue weighted by molar-refractivity contribution is -0.121. The van der Waals surface area contributed by atoms with E-state index in [1.165, 1.54) is 0 Å². The van der Waals surface area contributed by atoms with E-state index in [4.69, 9.17) is 27.9 Å². The van der Waals surface area contributed by atoms with Gasteiger partial charge in [-0.1, -0.05) is 47.5 Å². The molecule has 1 heterocycles. The number of rotatable bonds is 3. The lowest BCUT2D eigenvalue weighted by Crippen LogP contribution is -2.33. The minimum atomic E-state index is -0.707. The van der Waals surface area contributed by atoms with Gasteiger partial charge >= 0.3 is 5.97 Å². The van der Waals surface area contributed by atoms with E-state index in [0.29, 0.717) is 6.54 Å². The highest BCUT2D eigenvalue weighted by atomic mass is 35.5. The number of fused-ring (bicyclic) bond motifs is 1. The van der Waals surface area contributed by atoms with Crippen LogP contribution < -0.4 is 4.90 Å². The number of nitrogens with zero attached hydrogens (tertiary/aromatic N) is 1. The molecule has 4 nitrogen and oxygen atoms in total. The average molecular weight is 350 g/mol. The lowest BCUT2D eigenvalue weighted by Gasteiger charge is -2.17. The van der Waals surface area contributed by atoms with Gasteiger partial charge in [0.05, 0.1) is 15.6 Å². The largest absolute Gasteiger partial charge is 0.452 e. The predicted molar refractivity (Wildman–Crippen MR) is 89.2 cm³/mol. The molecule has 2 aromatic carbocycles. The van der Waals surface area contributed by atoms with Crippen molar-refractivity contribution in [2.24, 2.45) is 0 Å². The predicted octanol–water partition coefficient (Wildman–Crippen LogP) is 3.74. The minimum absolute atomic E-state index is 0.0745. The first-order valence-electron chi connectivity index (χ1n) is 7.07. The van der Waals surface area contributed by atoms with Gasteiger partial charge in [-0.25, -0.2) is 4.79 Å². The smallest absolute Gasteiger partial charge is 0.341 e. The van der Waals surface area contributed by atoms with Crippen molar-refractivity contribution in [3.05, 3.63) is 63.6 Å². The van der Waals surface area contributed by atoms with Crippen LogP contribution in [0.4, 0.5) is 5.69 Å². The molecule has 0 atom stereocenters. The van der Waals surface area contributed by atoms with Crippen LogP contribution in [0.1, 0.15) is 15.9 Å². The Morgan fingerprint density at radius 1 is 1.04 bits per heavy atom. The third-order valence-corrected chi connectivity index (χ3v) is 4.31. The Labute approximate surface area is 143 Å². The molecule has 2 aromatic rings. The molecule has 1 aliphatic rings. The van der Waals surface area contributed by atoms with Crippen LogP contribution in [-0.2, 0) is 16.0 Å². The molecule has 0 bridgehead atoms. The summed E-state index contributed by atoms with van der Waals surface area (Å²) in [5.74, 6) is -0.979. The first-order valence-corrected chi connectivity index (χ1v) is 7.83. The molecule has 0 saturated carbocycles. The third-order valence-electron chi connectivity index (χ3n) is 3.68. The van der Waals surface area contributed by atoms with Crippen molar-refractivity contribution in [1.29, 1.82) is 0 Å². The summed E-state index contributed by atoms with van der Waals surface area (Å²) in [5, 5.41) is 0.392. The summed E-state index contributed by atoms with van der Waals surface area (Å²) < 4.78 is 5.08. The van der Waals surface area contributed by atoms with Crippen molar-refractivity contribution < 1.29 is 14.3 Å². The topological polar surface area (TPSA) is 46.6 Å². The molecular weight excluding hydrogens is 337 g/mol. The van der Waals surface area contributed by atoms with Gasteiger partial charge in [-0.3, -0.25) is 4.79 Å². The van der Waals surface area contributed by atoms with Gasteiger partial charge in [-0.2, -0.15) is 0 Å². The van der Waals surface area contributed by atoms with Crippen molar-refractivity contribution >= 4 is 40.8 Å². The zero-order chi connectivity index (χ0) is 16.4. The molecule has 0 fully saturated rings. The highest BCUT2D eigenvalue weighted by Crippen LogP contribution is 2.28. The Kier molecular flexibility index (Phi) is 4.55. The zero-order valence-corrected chi connectivity index (χ0v) is 13.6. The van der Waals surface area contributed by atoms with Crippen LogP contribution >= 0.6 is 23.2 Å². The fraction of sp³-hybridized carbons (Fsp3) is 0.176. The summed E-state index contributed by atoms with van der Waals surface area (Å²) in [6, 6.07) is 12.4. The normalized spacial score (nSPS) is 12.9. The maximum Gasteiger partial charge on any atom is 0.341 e. The molecule has 6 heteroatoms. The Bertz CT molecular complexity index is 756. The van der Waals surface area contributed by atoms with Crippen molar-refractivity contribution in [3.63, 3.8) is 0 Å². The molecule has 0 N–H and O–H groups in total. The number of hydrogen-bond acceptors (Lipinski definition) is 3. The second kappa shape index (κ2) is 6.60. The van der Waals surface area contributed by atoms with Gasteiger partial charge in [0, 0.05) is 12.2 Å². The molecule has 0 aliphatic carbocycles. The summed E-state index contributed by atoms with van der Waals surface area (Å²) in [5.41, 5.74) is 2.05. The number of esters is 1. The Balaban J connectivity index is 1.67. The number of carbonyl (C=O) groups is 2. The molecule has 1 aliphatic heterocycles. The van der Waals surface area contributed by atoms with E-state index in [0.717, 1.165) is 17.7 Å². The lowest BCUT2D eigenvalue weighted by atomic mass is 10.2. The number of halogens is 2. The SMILES string of the molecule is O=C(OCC(=O)N1CCc2ccccc21)c1c(Cl)cccc1Cl. The highest BCUT2D eigenvalue weighted by Gasteiger charge is 2.25. The molecule has 118 valence electrons. The van der Waals surface area contributed by atoms with Gasteiger partial charge in [-0.15, -0.1) is 0 Å². The molecule has 0 saturated heterocycles. The summed E-state index contributed by atoms with van der Waals surface area (Å²) in [4.78, 5) is 26.0. The summed E-state index contributed by atoms with van der Waals surface area (Å²) in [6.45, 7) is 0.233. The van der Waals surface area contributed by atoms with Gasteiger partial charge < -0.3 is 9.64 Å². The van der Waals surface area contributed by atoms with Crippen LogP contribution in [0.5, 0.6) is 0 Å². The van der Waals surface area contributed by atoms with E-state index in [2.05, 4.69) is 0 Å². The molecule has 0 spiro atoms. The summed E-state index contributed by atoms with van der Waals surface area (Å²) >= 11 is 11.9. The van der Waals surface area contributed by atoms with E-state index >= 15 is 0 Å². The quantitative estimate of drug-likeness (QED) is 0.793. The Hall–Kier alpha value is -2.04.